The molecule has 1 aromatic heterocycles. The van der Waals surface area contributed by atoms with E-state index in [1.165, 1.54) is 34.7 Å². The maximum atomic E-state index is 12.6. The third-order valence-corrected chi connectivity index (χ3v) is 3.89. The van der Waals surface area contributed by atoms with Crippen molar-refractivity contribution < 1.29 is 14.3 Å². The number of anilines is 1. The van der Waals surface area contributed by atoms with Crippen LogP contribution in [0.4, 0.5) is 5.69 Å². The molecule has 2 aromatic rings. The maximum Gasteiger partial charge on any atom is 0.333 e. The number of benzene rings is 1. The SMILES string of the molecule is CCOC(=O)C(c1ccc(Cl)cc1)N(C(C)=O)c1ccc(=O)n(C)c1. The van der Waals surface area contributed by atoms with Gasteiger partial charge in [0, 0.05) is 31.3 Å². The second-order valence-electron chi connectivity index (χ2n) is 5.43. The Morgan fingerprint density at radius 3 is 2.36 bits per heavy atom. The Labute approximate surface area is 150 Å². The van der Waals surface area contributed by atoms with Crippen molar-refractivity contribution in [3.63, 3.8) is 0 Å². The fraction of sp³-hybridized carbons (Fsp3) is 0.278. The first-order valence-electron chi connectivity index (χ1n) is 7.73. The molecule has 1 heterocycles. The molecule has 0 saturated carbocycles. The second-order valence-corrected chi connectivity index (χ2v) is 5.87. The molecule has 1 aromatic carbocycles. The number of hydrogen-bond donors (Lipinski definition) is 0. The van der Waals surface area contributed by atoms with Crippen molar-refractivity contribution in [1.82, 2.24) is 4.57 Å². The van der Waals surface area contributed by atoms with Crippen molar-refractivity contribution in [3.8, 4) is 0 Å². The number of halogens is 1. The molecule has 0 aliphatic rings. The molecular formula is C18H19ClN2O4. The molecular weight excluding hydrogens is 344 g/mol. The average molecular weight is 363 g/mol. The largest absolute Gasteiger partial charge is 0.464 e. The minimum atomic E-state index is -0.979. The summed E-state index contributed by atoms with van der Waals surface area (Å²) in [6.45, 7) is 3.23. The van der Waals surface area contributed by atoms with Crippen LogP contribution in [-0.4, -0.2) is 23.1 Å². The van der Waals surface area contributed by atoms with Crippen molar-refractivity contribution in [1.29, 1.82) is 0 Å². The smallest absolute Gasteiger partial charge is 0.333 e. The van der Waals surface area contributed by atoms with Crippen molar-refractivity contribution in [2.24, 2.45) is 7.05 Å². The Morgan fingerprint density at radius 2 is 1.84 bits per heavy atom. The van der Waals surface area contributed by atoms with Crippen LogP contribution in [0.25, 0.3) is 0 Å². The highest BCUT2D eigenvalue weighted by Crippen LogP contribution is 2.29. The Kier molecular flexibility index (Phi) is 5.98. The number of amides is 1. The van der Waals surface area contributed by atoms with E-state index in [1.807, 2.05) is 0 Å². The third kappa shape index (κ3) is 4.28. The van der Waals surface area contributed by atoms with Crippen LogP contribution in [0.3, 0.4) is 0 Å². The Hall–Kier alpha value is -2.60. The summed E-state index contributed by atoms with van der Waals surface area (Å²) in [7, 11) is 1.58. The summed E-state index contributed by atoms with van der Waals surface area (Å²) in [5.41, 5.74) is 0.765. The van der Waals surface area contributed by atoms with E-state index in [0.29, 0.717) is 16.3 Å². The number of ether oxygens (including phenoxy) is 1. The quantitative estimate of drug-likeness (QED) is 0.767. The Bertz CT molecular complexity index is 830. The molecule has 0 spiro atoms. The molecule has 0 radical (unpaired) electrons. The highest BCUT2D eigenvalue weighted by atomic mass is 35.5. The lowest BCUT2D eigenvalue weighted by atomic mass is 10.0. The van der Waals surface area contributed by atoms with E-state index in [9.17, 15) is 14.4 Å². The Morgan fingerprint density at radius 1 is 1.20 bits per heavy atom. The minimum Gasteiger partial charge on any atom is -0.464 e. The van der Waals surface area contributed by atoms with Gasteiger partial charge in [-0.2, -0.15) is 0 Å². The molecule has 1 unspecified atom stereocenters. The van der Waals surface area contributed by atoms with Crippen molar-refractivity contribution >= 4 is 29.2 Å². The lowest BCUT2D eigenvalue weighted by molar-refractivity contribution is -0.146. The lowest BCUT2D eigenvalue weighted by Crippen LogP contribution is -2.39. The topological polar surface area (TPSA) is 68.6 Å². The van der Waals surface area contributed by atoms with Gasteiger partial charge in [-0.05, 0) is 30.7 Å². The number of aryl methyl sites for hydroxylation is 1. The number of carbonyl (C=O) groups is 2. The molecule has 0 fully saturated rings. The van der Waals surface area contributed by atoms with E-state index in [4.69, 9.17) is 16.3 Å². The van der Waals surface area contributed by atoms with Gasteiger partial charge in [-0.1, -0.05) is 23.7 Å². The number of pyridine rings is 1. The molecule has 6 nitrogen and oxygen atoms in total. The van der Waals surface area contributed by atoms with Gasteiger partial charge in [-0.3, -0.25) is 14.5 Å². The number of rotatable bonds is 5. The van der Waals surface area contributed by atoms with E-state index in [0.717, 1.165) is 0 Å². The summed E-state index contributed by atoms with van der Waals surface area (Å²) >= 11 is 5.92. The second kappa shape index (κ2) is 7.98. The van der Waals surface area contributed by atoms with E-state index < -0.39 is 12.0 Å². The first-order valence-corrected chi connectivity index (χ1v) is 8.11. The monoisotopic (exact) mass is 362 g/mol. The van der Waals surface area contributed by atoms with Crippen molar-refractivity contribution in [3.05, 3.63) is 63.5 Å². The molecule has 25 heavy (non-hydrogen) atoms. The molecule has 132 valence electrons. The van der Waals surface area contributed by atoms with Crippen LogP contribution in [0, 0.1) is 0 Å². The first-order chi connectivity index (χ1) is 11.8. The third-order valence-electron chi connectivity index (χ3n) is 3.64. The van der Waals surface area contributed by atoms with Gasteiger partial charge in [-0.15, -0.1) is 0 Å². The van der Waals surface area contributed by atoms with Crippen LogP contribution in [0.2, 0.25) is 5.02 Å². The van der Waals surface area contributed by atoms with Gasteiger partial charge < -0.3 is 9.30 Å². The fourth-order valence-electron chi connectivity index (χ4n) is 2.49. The summed E-state index contributed by atoms with van der Waals surface area (Å²) in [6, 6.07) is 8.49. The number of nitrogens with zero attached hydrogens (tertiary/aromatic N) is 2. The van der Waals surface area contributed by atoms with E-state index in [1.54, 1.807) is 38.2 Å². The molecule has 0 aliphatic carbocycles. The van der Waals surface area contributed by atoms with Gasteiger partial charge >= 0.3 is 5.97 Å². The standard InChI is InChI=1S/C18H19ClN2O4/c1-4-25-18(24)17(13-5-7-14(19)8-6-13)21(12(2)22)15-9-10-16(23)20(3)11-15/h5-11,17H,4H2,1-3H3. The molecule has 0 aliphatic heterocycles. The van der Waals surface area contributed by atoms with Crippen LogP contribution in [0.1, 0.15) is 25.5 Å². The fourth-order valence-corrected chi connectivity index (χ4v) is 2.62. The van der Waals surface area contributed by atoms with Crippen LogP contribution in [0.15, 0.2) is 47.4 Å². The number of hydrogen-bond acceptors (Lipinski definition) is 4. The van der Waals surface area contributed by atoms with Crippen LogP contribution in [-0.2, 0) is 21.4 Å². The zero-order chi connectivity index (χ0) is 18.6. The van der Waals surface area contributed by atoms with Crippen molar-refractivity contribution in [2.45, 2.75) is 19.9 Å². The summed E-state index contributed by atoms with van der Waals surface area (Å²) in [5.74, 6) is -0.916. The number of carbonyl (C=O) groups excluding carboxylic acids is 2. The predicted octanol–water partition coefficient (Wildman–Crippen LogP) is 2.70. The first kappa shape index (κ1) is 18.7. The molecule has 7 heteroatoms. The highest BCUT2D eigenvalue weighted by Gasteiger charge is 2.32. The van der Waals surface area contributed by atoms with E-state index >= 15 is 0 Å². The molecule has 1 amide bonds. The van der Waals surface area contributed by atoms with Crippen LogP contribution >= 0.6 is 11.6 Å². The molecule has 2 rings (SSSR count). The molecule has 0 bridgehead atoms. The minimum absolute atomic E-state index is 0.182. The van der Waals surface area contributed by atoms with Crippen LogP contribution < -0.4 is 10.5 Å². The molecule has 0 saturated heterocycles. The van der Waals surface area contributed by atoms with E-state index in [-0.39, 0.29) is 18.1 Å². The van der Waals surface area contributed by atoms with Gasteiger partial charge in [0.25, 0.3) is 0 Å². The average Bonchev–Trinajstić information content (AvgIpc) is 2.56. The predicted molar refractivity (Wildman–Crippen MR) is 95.7 cm³/mol. The number of esters is 1. The molecule has 0 N–H and O–H groups in total. The van der Waals surface area contributed by atoms with Gasteiger partial charge in [0.2, 0.25) is 11.5 Å². The van der Waals surface area contributed by atoms with Gasteiger partial charge in [0.15, 0.2) is 6.04 Å². The maximum absolute atomic E-state index is 12.6. The van der Waals surface area contributed by atoms with Gasteiger partial charge in [-0.25, -0.2) is 4.79 Å². The number of aromatic nitrogens is 1. The Balaban J connectivity index is 2.59. The zero-order valence-electron chi connectivity index (χ0n) is 14.2. The summed E-state index contributed by atoms with van der Waals surface area (Å²) in [5, 5.41) is 0.517. The molecule has 1 atom stereocenters. The van der Waals surface area contributed by atoms with Crippen LogP contribution in [0.5, 0.6) is 0 Å². The van der Waals surface area contributed by atoms with Crippen molar-refractivity contribution in [2.75, 3.05) is 11.5 Å². The van der Waals surface area contributed by atoms with Gasteiger partial charge in [0.1, 0.15) is 0 Å². The summed E-state index contributed by atoms with van der Waals surface area (Å²) in [6.07, 6.45) is 1.51. The van der Waals surface area contributed by atoms with Gasteiger partial charge in [0.05, 0.1) is 12.3 Å². The normalized spacial score (nSPS) is 11.7. The van der Waals surface area contributed by atoms with E-state index in [2.05, 4.69) is 0 Å². The lowest BCUT2D eigenvalue weighted by Gasteiger charge is -2.30. The zero-order valence-corrected chi connectivity index (χ0v) is 15.0. The highest BCUT2D eigenvalue weighted by molar-refractivity contribution is 6.30. The summed E-state index contributed by atoms with van der Waals surface area (Å²) in [4.78, 5) is 37.9. The summed E-state index contributed by atoms with van der Waals surface area (Å²) < 4.78 is 6.50.